The molecule has 1 atom stereocenters. The van der Waals surface area contributed by atoms with Crippen molar-refractivity contribution in [3.05, 3.63) is 16.6 Å². The molecule has 1 amide bonds. The lowest BCUT2D eigenvalue weighted by molar-refractivity contribution is -0.133. The van der Waals surface area contributed by atoms with Crippen molar-refractivity contribution in [2.75, 3.05) is 32.9 Å². The molecule has 1 unspecified atom stereocenters. The molecule has 0 aromatic carbocycles. The van der Waals surface area contributed by atoms with E-state index in [1.165, 1.54) is 0 Å². The van der Waals surface area contributed by atoms with E-state index in [4.69, 9.17) is 4.98 Å². The maximum atomic E-state index is 13.2. The minimum Gasteiger partial charge on any atom is -0.343 e. The fourth-order valence-electron chi connectivity index (χ4n) is 4.20. The molecule has 0 radical (unpaired) electrons. The summed E-state index contributed by atoms with van der Waals surface area (Å²) < 4.78 is 3.51. The Hall–Kier alpha value is -1.87. The van der Waals surface area contributed by atoms with Gasteiger partial charge in [-0.25, -0.2) is 9.67 Å². The molecule has 4 heterocycles. The van der Waals surface area contributed by atoms with Crippen LogP contribution < -0.4 is 5.56 Å². The molecule has 1 saturated heterocycles. The first-order chi connectivity index (χ1) is 13.7. The highest BCUT2D eigenvalue weighted by Gasteiger charge is 2.32. The molecule has 1 fully saturated rings. The van der Waals surface area contributed by atoms with Crippen molar-refractivity contribution in [2.24, 2.45) is 0 Å². The van der Waals surface area contributed by atoms with Crippen LogP contribution in [0.4, 0.5) is 0 Å². The SMILES string of the molecule is CN1CCC(N(C)C(=O)CC2CSc3nc4c(cnn4C(C)(C)C)c(=O)n32)CC1. The lowest BCUT2D eigenvalue weighted by Gasteiger charge is -2.35. The molecule has 8 nitrogen and oxygen atoms in total. The molecule has 0 saturated carbocycles. The van der Waals surface area contributed by atoms with Crippen molar-refractivity contribution in [1.29, 1.82) is 0 Å². The lowest BCUT2D eigenvalue weighted by atomic mass is 10.0. The van der Waals surface area contributed by atoms with E-state index in [1.54, 1.807) is 27.2 Å². The van der Waals surface area contributed by atoms with Crippen LogP contribution in [0.2, 0.25) is 0 Å². The summed E-state index contributed by atoms with van der Waals surface area (Å²) >= 11 is 1.55. The van der Waals surface area contributed by atoms with E-state index in [2.05, 4.69) is 17.0 Å². The number of piperidine rings is 1. The number of fused-ring (bicyclic) bond motifs is 2. The number of thioether (sulfide) groups is 1. The van der Waals surface area contributed by atoms with Crippen molar-refractivity contribution in [2.45, 2.75) is 62.8 Å². The topological polar surface area (TPSA) is 76.3 Å². The smallest absolute Gasteiger partial charge is 0.265 e. The summed E-state index contributed by atoms with van der Waals surface area (Å²) in [5.41, 5.74) is 0.275. The monoisotopic (exact) mass is 418 g/mol. The van der Waals surface area contributed by atoms with Crippen LogP contribution in [0.1, 0.15) is 46.1 Å². The van der Waals surface area contributed by atoms with E-state index >= 15 is 0 Å². The van der Waals surface area contributed by atoms with Gasteiger partial charge in [0, 0.05) is 25.3 Å². The van der Waals surface area contributed by atoms with Crippen LogP contribution in [-0.4, -0.2) is 74.0 Å². The highest BCUT2D eigenvalue weighted by molar-refractivity contribution is 7.99. The summed E-state index contributed by atoms with van der Waals surface area (Å²) in [5.74, 6) is 0.806. The molecule has 9 heteroatoms. The molecule has 0 bridgehead atoms. The normalized spacial score (nSPS) is 20.9. The average molecular weight is 419 g/mol. The van der Waals surface area contributed by atoms with Gasteiger partial charge in [0.2, 0.25) is 5.91 Å². The molecule has 29 heavy (non-hydrogen) atoms. The van der Waals surface area contributed by atoms with E-state index in [-0.39, 0.29) is 29.1 Å². The Labute approximate surface area is 175 Å². The number of hydrogen-bond acceptors (Lipinski definition) is 6. The number of amides is 1. The van der Waals surface area contributed by atoms with Crippen LogP contribution >= 0.6 is 11.8 Å². The number of carbonyl (C=O) groups excluding carboxylic acids is 1. The average Bonchev–Trinajstić information content (AvgIpc) is 3.26. The van der Waals surface area contributed by atoms with Gasteiger partial charge in [0.25, 0.3) is 5.56 Å². The third kappa shape index (κ3) is 3.70. The number of rotatable bonds is 3. The summed E-state index contributed by atoms with van der Waals surface area (Å²) in [7, 11) is 4.02. The largest absolute Gasteiger partial charge is 0.343 e. The van der Waals surface area contributed by atoms with Crippen molar-refractivity contribution >= 4 is 28.7 Å². The summed E-state index contributed by atoms with van der Waals surface area (Å²) in [6, 6.07) is 0.133. The van der Waals surface area contributed by atoms with Crippen LogP contribution in [0.5, 0.6) is 0 Å². The van der Waals surface area contributed by atoms with E-state index in [0.29, 0.717) is 28.4 Å². The lowest BCUT2D eigenvalue weighted by Crippen LogP contribution is -2.45. The minimum atomic E-state index is -0.254. The molecule has 2 aliphatic heterocycles. The number of nitrogens with zero attached hydrogens (tertiary/aromatic N) is 6. The first-order valence-electron chi connectivity index (χ1n) is 10.2. The summed E-state index contributed by atoms with van der Waals surface area (Å²) in [6.07, 6.45) is 3.95. The van der Waals surface area contributed by atoms with Crippen molar-refractivity contribution in [3.63, 3.8) is 0 Å². The van der Waals surface area contributed by atoms with Crippen molar-refractivity contribution < 1.29 is 4.79 Å². The zero-order valence-corrected chi connectivity index (χ0v) is 18.7. The summed E-state index contributed by atoms with van der Waals surface area (Å²) in [5, 5.41) is 5.61. The van der Waals surface area contributed by atoms with Gasteiger partial charge in [0.05, 0.1) is 17.8 Å². The molecule has 0 aliphatic carbocycles. The Morgan fingerprint density at radius 1 is 1.31 bits per heavy atom. The van der Waals surface area contributed by atoms with Crippen LogP contribution in [0, 0.1) is 0 Å². The predicted octanol–water partition coefficient (Wildman–Crippen LogP) is 1.94. The Kier molecular flexibility index (Phi) is 5.23. The fraction of sp³-hybridized carbons (Fsp3) is 0.700. The molecule has 0 N–H and O–H groups in total. The highest BCUT2D eigenvalue weighted by atomic mass is 32.2. The molecular formula is C20H30N6O2S. The number of hydrogen-bond donors (Lipinski definition) is 0. The van der Waals surface area contributed by atoms with Crippen molar-refractivity contribution in [1.82, 2.24) is 29.1 Å². The third-order valence-corrected chi connectivity index (χ3v) is 7.14. The van der Waals surface area contributed by atoms with Crippen LogP contribution in [0.25, 0.3) is 11.0 Å². The standard InChI is InChI=1S/C20H30N6O2S/c1-20(2,3)26-17-15(11-21-26)18(28)25-14(12-29-19(25)22-17)10-16(27)24(5)13-6-8-23(4)9-7-13/h11,13-14H,6-10,12H2,1-5H3. The molecule has 4 rings (SSSR count). The molecule has 2 aromatic rings. The Morgan fingerprint density at radius 2 is 2.00 bits per heavy atom. The zero-order valence-electron chi connectivity index (χ0n) is 17.9. The van der Waals surface area contributed by atoms with Gasteiger partial charge >= 0.3 is 0 Å². The van der Waals surface area contributed by atoms with Crippen LogP contribution in [-0.2, 0) is 10.3 Å². The molecule has 0 spiro atoms. The van der Waals surface area contributed by atoms with E-state index < -0.39 is 0 Å². The van der Waals surface area contributed by atoms with Crippen LogP contribution in [0.15, 0.2) is 16.1 Å². The molecule has 2 aliphatic rings. The van der Waals surface area contributed by atoms with Gasteiger partial charge in [-0.05, 0) is 53.8 Å². The Balaban J connectivity index is 1.57. The number of likely N-dealkylation sites (tertiary alicyclic amines) is 1. The number of carbonyl (C=O) groups is 1. The predicted molar refractivity (Wildman–Crippen MR) is 114 cm³/mol. The van der Waals surface area contributed by atoms with E-state index in [0.717, 1.165) is 25.9 Å². The molecule has 158 valence electrons. The van der Waals surface area contributed by atoms with Crippen LogP contribution in [0.3, 0.4) is 0 Å². The summed E-state index contributed by atoms with van der Waals surface area (Å²) in [6.45, 7) is 8.16. The van der Waals surface area contributed by atoms with E-state index in [9.17, 15) is 9.59 Å². The molecule has 2 aromatic heterocycles. The fourth-order valence-corrected chi connectivity index (χ4v) is 5.33. The quantitative estimate of drug-likeness (QED) is 0.709. The first-order valence-corrected chi connectivity index (χ1v) is 11.2. The molecular weight excluding hydrogens is 388 g/mol. The van der Waals surface area contributed by atoms with Gasteiger partial charge in [-0.1, -0.05) is 11.8 Å². The minimum absolute atomic E-state index is 0.0924. The second-order valence-electron chi connectivity index (χ2n) is 9.24. The van der Waals surface area contributed by atoms with Gasteiger partial charge in [-0.2, -0.15) is 5.10 Å². The Morgan fingerprint density at radius 3 is 2.66 bits per heavy atom. The zero-order chi connectivity index (χ0) is 20.9. The third-order valence-electron chi connectivity index (χ3n) is 6.05. The maximum absolute atomic E-state index is 13.2. The van der Waals surface area contributed by atoms with Crippen molar-refractivity contribution in [3.8, 4) is 0 Å². The first kappa shape index (κ1) is 20.4. The second kappa shape index (κ2) is 7.43. The van der Waals surface area contributed by atoms with Gasteiger partial charge in [0.15, 0.2) is 10.8 Å². The number of aromatic nitrogens is 4. The van der Waals surface area contributed by atoms with E-state index in [1.807, 2.05) is 32.7 Å². The summed E-state index contributed by atoms with van der Waals surface area (Å²) in [4.78, 5) is 35.1. The van der Waals surface area contributed by atoms with Gasteiger partial charge in [-0.15, -0.1) is 0 Å². The van der Waals surface area contributed by atoms with Gasteiger partial charge < -0.3 is 9.80 Å². The van der Waals surface area contributed by atoms with Gasteiger partial charge in [0.1, 0.15) is 5.39 Å². The van der Waals surface area contributed by atoms with Gasteiger partial charge in [-0.3, -0.25) is 14.2 Å². The Bertz CT molecular complexity index is 983. The second-order valence-corrected chi connectivity index (χ2v) is 10.2. The maximum Gasteiger partial charge on any atom is 0.265 e. The highest BCUT2D eigenvalue weighted by Crippen LogP contribution is 2.34.